The number of fused-ring (bicyclic) bond motifs is 1. The number of carbonyl (C=O) groups excluding carboxylic acids is 1. The van der Waals surface area contributed by atoms with Crippen LogP contribution in [0.2, 0.25) is 5.02 Å². The zero-order chi connectivity index (χ0) is 18.9. The van der Waals surface area contributed by atoms with Crippen LogP contribution < -0.4 is 39.4 Å². The van der Waals surface area contributed by atoms with Crippen molar-refractivity contribution in [2.45, 2.75) is 27.3 Å². The van der Waals surface area contributed by atoms with Crippen LogP contribution >= 0.6 is 11.6 Å². The summed E-state index contributed by atoms with van der Waals surface area (Å²) in [6.07, 6.45) is 1.54. The van der Waals surface area contributed by atoms with Crippen molar-refractivity contribution in [2.75, 3.05) is 6.61 Å². The van der Waals surface area contributed by atoms with E-state index in [-0.39, 0.29) is 40.5 Å². The van der Waals surface area contributed by atoms with Crippen LogP contribution in [0.15, 0.2) is 42.6 Å². The average molecular weight is 395 g/mol. The molecular formula is C20H20ClN2NaO3. The molecule has 3 rings (SSSR count). The van der Waals surface area contributed by atoms with Gasteiger partial charge in [-0.25, -0.2) is 0 Å². The quantitative estimate of drug-likeness (QED) is 0.592. The minimum Gasteiger partial charge on any atom is -0.545 e. The Labute approximate surface area is 185 Å². The predicted molar refractivity (Wildman–Crippen MR) is 99.6 cm³/mol. The van der Waals surface area contributed by atoms with Crippen molar-refractivity contribution in [3.63, 3.8) is 0 Å². The van der Waals surface area contributed by atoms with Gasteiger partial charge in [0.25, 0.3) is 0 Å². The van der Waals surface area contributed by atoms with Gasteiger partial charge in [0.15, 0.2) is 0 Å². The third-order valence-electron chi connectivity index (χ3n) is 3.91. The first-order valence-electron chi connectivity index (χ1n) is 8.32. The second-order valence-corrected chi connectivity index (χ2v) is 7.87. The van der Waals surface area contributed by atoms with Gasteiger partial charge in [-0.1, -0.05) is 44.5 Å². The number of carbonyl (C=O) groups is 1. The zero-order valence-corrected chi connectivity index (χ0v) is 18.7. The van der Waals surface area contributed by atoms with Crippen molar-refractivity contribution in [3.8, 4) is 5.75 Å². The number of aromatic nitrogens is 2. The van der Waals surface area contributed by atoms with Crippen molar-refractivity contribution in [1.29, 1.82) is 0 Å². The number of hydrogen-bond donors (Lipinski definition) is 0. The predicted octanol–water partition coefficient (Wildman–Crippen LogP) is 0.530. The molecule has 0 atom stereocenters. The number of carboxylic acids is 1. The summed E-state index contributed by atoms with van der Waals surface area (Å²) >= 11 is 6.16. The van der Waals surface area contributed by atoms with Crippen LogP contribution in [0, 0.1) is 5.41 Å². The number of nitrogens with zero attached hydrogens (tertiary/aromatic N) is 2. The van der Waals surface area contributed by atoms with Crippen LogP contribution in [0.25, 0.3) is 10.9 Å². The maximum Gasteiger partial charge on any atom is 1.00 e. The van der Waals surface area contributed by atoms with E-state index in [0.29, 0.717) is 29.1 Å². The molecule has 5 nitrogen and oxygen atoms in total. The van der Waals surface area contributed by atoms with E-state index in [1.807, 2.05) is 18.2 Å². The standard InChI is InChI=1S/C20H21ClN2O3.Na/c1-20(2,3)12-26-18-8-7-14(21)9-13(18)11-23-17-6-4-5-15(19(24)25)16(17)10-22-23;/h4-10H,11-12H2,1-3H3,(H,24,25);/q;+1/p-1. The number of hydrogen-bond acceptors (Lipinski definition) is 4. The first-order valence-corrected chi connectivity index (χ1v) is 8.69. The van der Waals surface area contributed by atoms with Crippen LogP contribution in [0.5, 0.6) is 5.75 Å². The van der Waals surface area contributed by atoms with Gasteiger partial charge in [-0.2, -0.15) is 5.10 Å². The number of ether oxygens (including phenoxy) is 1. The van der Waals surface area contributed by atoms with Gasteiger partial charge in [0, 0.05) is 21.5 Å². The Bertz CT molecular complexity index is 964. The molecule has 0 spiro atoms. The number of benzene rings is 2. The fourth-order valence-electron chi connectivity index (χ4n) is 2.68. The molecule has 0 saturated carbocycles. The molecule has 0 amide bonds. The van der Waals surface area contributed by atoms with E-state index < -0.39 is 5.97 Å². The summed E-state index contributed by atoms with van der Waals surface area (Å²) in [5, 5.41) is 16.8. The number of halogens is 1. The van der Waals surface area contributed by atoms with Gasteiger partial charge >= 0.3 is 29.6 Å². The van der Waals surface area contributed by atoms with Crippen LogP contribution in [0.1, 0.15) is 36.7 Å². The van der Waals surface area contributed by atoms with E-state index in [9.17, 15) is 9.90 Å². The van der Waals surface area contributed by atoms with Gasteiger partial charge in [-0.15, -0.1) is 0 Å². The Morgan fingerprint density at radius 2 is 2.00 bits per heavy atom. The molecule has 0 bridgehead atoms. The number of aromatic carboxylic acids is 1. The van der Waals surface area contributed by atoms with Gasteiger partial charge in [0.1, 0.15) is 5.75 Å². The summed E-state index contributed by atoms with van der Waals surface area (Å²) in [5.74, 6) is -0.476. The van der Waals surface area contributed by atoms with Gasteiger partial charge < -0.3 is 14.6 Å². The maximum atomic E-state index is 11.3. The van der Waals surface area contributed by atoms with Crippen LogP contribution in [0.4, 0.5) is 0 Å². The molecule has 0 fully saturated rings. The monoisotopic (exact) mass is 394 g/mol. The number of rotatable bonds is 5. The van der Waals surface area contributed by atoms with Crippen molar-refractivity contribution in [1.82, 2.24) is 9.78 Å². The summed E-state index contributed by atoms with van der Waals surface area (Å²) in [6, 6.07) is 10.5. The fourth-order valence-corrected chi connectivity index (χ4v) is 2.87. The van der Waals surface area contributed by atoms with E-state index >= 15 is 0 Å². The van der Waals surface area contributed by atoms with E-state index in [4.69, 9.17) is 16.3 Å². The molecule has 0 saturated heterocycles. The molecule has 136 valence electrons. The molecule has 27 heavy (non-hydrogen) atoms. The molecule has 0 aliphatic carbocycles. The molecule has 7 heteroatoms. The molecule has 3 aromatic rings. The van der Waals surface area contributed by atoms with E-state index in [1.54, 1.807) is 23.0 Å². The van der Waals surface area contributed by atoms with Crippen LogP contribution in [0.3, 0.4) is 0 Å². The van der Waals surface area contributed by atoms with Crippen molar-refractivity contribution in [2.24, 2.45) is 5.41 Å². The molecule has 0 N–H and O–H groups in total. The second kappa shape index (κ2) is 8.65. The van der Waals surface area contributed by atoms with Crippen LogP contribution in [-0.4, -0.2) is 22.4 Å². The summed E-state index contributed by atoms with van der Waals surface area (Å²) in [4.78, 5) is 11.3. The largest absolute Gasteiger partial charge is 1.00 e. The fraction of sp³-hybridized carbons (Fsp3) is 0.300. The van der Waals surface area contributed by atoms with Crippen molar-refractivity contribution >= 4 is 28.5 Å². The Morgan fingerprint density at radius 1 is 1.26 bits per heavy atom. The molecule has 2 aromatic carbocycles. The number of carboxylic acid groups (broad SMARTS) is 1. The first kappa shape index (κ1) is 21.8. The summed E-state index contributed by atoms with van der Waals surface area (Å²) in [6.45, 7) is 7.29. The molecule has 1 heterocycles. The van der Waals surface area contributed by atoms with Gasteiger partial charge in [-0.3, -0.25) is 4.68 Å². The van der Waals surface area contributed by atoms with E-state index in [1.165, 1.54) is 6.07 Å². The molecular weight excluding hydrogens is 375 g/mol. The molecule has 0 unspecified atom stereocenters. The second-order valence-electron chi connectivity index (χ2n) is 7.43. The topological polar surface area (TPSA) is 67.2 Å². The Kier molecular flexibility index (Phi) is 6.98. The molecule has 0 aliphatic heterocycles. The SMILES string of the molecule is CC(C)(C)COc1ccc(Cl)cc1Cn1ncc2c(C(=O)[O-])cccc21.[Na+]. The van der Waals surface area contributed by atoms with Gasteiger partial charge in [0.2, 0.25) is 0 Å². The smallest absolute Gasteiger partial charge is 0.545 e. The maximum absolute atomic E-state index is 11.3. The summed E-state index contributed by atoms with van der Waals surface area (Å²) < 4.78 is 7.71. The minimum absolute atomic E-state index is 0. The van der Waals surface area contributed by atoms with Crippen molar-refractivity contribution < 1.29 is 44.2 Å². The average Bonchev–Trinajstić information content (AvgIpc) is 2.96. The Hall–Kier alpha value is -1.53. The van der Waals surface area contributed by atoms with Crippen molar-refractivity contribution in [3.05, 3.63) is 58.7 Å². The summed E-state index contributed by atoms with van der Waals surface area (Å²) in [5.41, 5.74) is 1.75. The normalized spacial score (nSPS) is 11.3. The third-order valence-corrected chi connectivity index (χ3v) is 4.15. The first-order chi connectivity index (χ1) is 12.2. The zero-order valence-electron chi connectivity index (χ0n) is 16.0. The summed E-state index contributed by atoms with van der Waals surface area (Å²) in [7, 11) is 0. The van der Waals surface area contributed by atoms with E-state index in [0.717, 1.165) is 11.3 Å². The Morgan fingerprint density at radius 3 is 2.67 bits per heavy atom. The Balaban J connectivity index is 0.00000261. The third kappa shape index (κ3) is 5.26. The molecule has 1 aromatic heterocycles. The van der Waals surface area contributed by atoms with Gasteiger partial charge in [0.05, 0.1) is 30.8 Å². The van der Waals surface area contributed by atoms with Gasteiger partial charge in [-0.05, 0) is 29.7 Å². The molecule has 0 radical (unpaired) electrons. The minimum atomic E-state index is -1.22. The van der Waals surface area contributed by atoms with Crippen LogP contribution in [-0.2, 0) is 6.54 Å². The van der Waals surface area contributed by atoms with E-state index in [2.05, 4.69) is 25.9 Å². The molecule has 0 aliphatic rings.